The smallest absolute Gasteiger partial charge is 0.416 e. The molecule has 2 rings (SSSR count). The van der Waals surface area contributed by atoms with E-state index in [1.807, 2.05) is 30.3 Å². The van der Waals surface area contributed by atoms with Crippen molar-refractivity contribution in [3.8, 4) is 0 Å². The molecule has 1 heterocycles. The molecule has 0 aliphatic carbocycles. The molecule has 0 N–H and O–H groups in total. The number of cyclic esters (lactones) is 1. The zero-order chi connectivity index (χ0) is 15.9. The number of carbonyl (C=O) groups is 2. The van der Waals surface area contributed by atoms with Crippen molar-refractivity contribution in [2.24, 2.45) is 5.92 Å². The summed E-state index contributed by atoms with van der Waals surface area (Å²) in [5.74, 6) is -0.760. The summed E-state index contributed by atoms with van der Waals surface area (Å²) in [6, 6.07) is 9.72. The maximum Gasteiger partial charge on any atom is 0.416 e. The van der Waals surface area contributed by atoms with Crippen LogP contribution >= 0.6 is 0 Å². The number of allylic oxidation sites excluding steroid dienone is 1. The van der Waals surface area contributed by atoms with Gasteiger partial charge in [0, 0.05) is 13.0 Å². The Balaban J connectivity index is 2.28. The molecule has 5 heteroatoms. The van der Waals surface area contributed by atoms with Crippen LogP contribution < -0.4 is 0 Å². The first-order chi connectivity index (χ1) is 10.7. The second kappa shape index (κ2) is 7.75. The summed E-state index contributed by atoms with van der Waals surface area (Å²) in [5, 5.41) is 0. The van der Waals surface area contributed by atoms with E-state index in [0.29, 0.717) is 19.6 Å². The number of hydrogen-bond donors (Lipinski definition) is 0. The summed E-state index contributed by atoms with van der Waals surface area (Å²) in [7, 11) is 1.61. The maximum absolute atomic E-state index is 12.8. The molecule has 1 aromatic rings. The van der Waals surface area contributed by atoms with Crippen LogP contribution in [0.2, 0.25) is 0 Å². The van der Waals surface area contributed by atoms with E-state index in [2.05, 4.69) is 6.58 Å². The fourth-order valence-corrected chi connectivity index (χ4v) is 2.74. The Morgan fingerprint density at radius 2 is 2.18 bits per heavy atom. The lowest BCUT2D eigenvalue weighted by Crippen LogP contribution is -2.40. The second-order valence-electron chi connectivity index (χ2n) is 5.21. The molecule has 118 valence electrons. The standard InChI is InChI=1S/C17H21NO4/c1-3-7-14(16(19)18-10-11-22-17(18)20)15(12-21-2)13-8-5-4-6-9-13/h3-6,8-9,14-15H,1,7,10-12H2,2H3/t14-,15-/m1/s1. The topological polar surface area (TPSA) is 55.8 Å². The van der Waals surface area contributed by atoms with Gasteiger partial charge in [-0.05, 0) is 12.0 Å². The van der Waals surface area contributed by atoms with E-state index in [4.69, 9.17) is 9.47 Å². The lowest BCUT2D eigenvalue weighted by molar-refractivity contribution is -0.133. The number of methoxy groups -OCH3 is 1. The predicted molar refractivity (Wildman–Crippen MR) is 82.4 cm³/mol. The van der Waals surface area contributed by atoms with Gasteiger partial charge >= 0.3 is 6.09 Å². The number of amides is 2. The van der Waals surface area contributed by atoms with Crippen LogP contribution in [0.3, 0.4) is 0 Å². The average molecular weight is 303 g/mol. The third-order valence-corrected chi connectivity index (χ3v) is 3.82. The van der Waals surface area contributed by atoms with Crippen molar-refractivity contribution in [1.29, 1.82) is 0 Å². The molecule has 0 radical (unpaired) electrons. The minimum Gasteiger partial charge on any atom is -0.447 e. The largest absolute Gasteiger partial charge is 0.447 e. The van der Waals surface area contributed by atoms with Crippen LogP contribution in [-0.2, 0) is 14.3 Å². The van der Waals surface area contributed by atoms with Gasteiger partial charge in [0.25, 0.3) is 0 Å². The molecule has 0 bridgehead atoms. The minimum atomic E-state index is -0.566. The Hall–Kier alpha value is -2.14. The Bertz CT molecular complexity index is 529. The summed E-state index contributed by atoms with van der Waals surface area (Å²) in [6.07, 6.45) is 1.62. The fraction of sp³-hybridized carbons (Fsp3) is 0.412. The highest BCUT2D eigenvalue weighted by molar-refractivity contribution is 5.94. The van der Waals surface area contributed by atoms with Crippen molar-refractivity contribution in [3.05, 3.63) is 48.6 Å². The van der Waals surface area contributed by atoms with E-state index in [1.54, 1.807) is 13.2 Å². The molecule has 1 aliphatic heterocycles. The highest BCUT2D eigenvalue weighted by Crippen LogP contribution is 2.30. The van der Waals surface area contributed by atoms with E-state index in [1.165, 1.54) is 4.90 Å². The number of nitrogens with zero attached hydrogens (tertiary/aromatic N) is 1. The van der Waals surface area contributed by atoms with Gasteiger partial charge in [-0.15, -0.1) is 6.58 Å². The monoisotopic (exact) mass is 303 g/mol. The number of carbonyl (C=O) groups excluding carboxylic acids is 2. The van der Waals surface area contributed by atoms with Crippen molar-refractivity contribution >= 4 is 12.0 Å². The van der Waals surface area contributed by atoms with Gasteiger partial charge in [0.05, 0.1) is 19.1 Å². The summed E-state index contributed by atoms with van der Waals surface area (Å²) in [5.41, 5.74) is 1.01. The zero-order valence-corrected chi connectivity index (χ0v) is 12.7. The van der Waals surface area contributed by atoms with E-state index in [9.17, 15) is 9.59 Å². The first kappa shape index (κ1) is 16.2. The lowest BCUT2D eigenvalue weighted by Gasteiger charge is -2.27. The number of ether oxygens (including phenoxy) is 2. The van der Waals surface area contributed by atoms with Crippen molar-refractivity contribution < 1.29 is 19.1 Å². The molecule has 1 saturated heterocycles. The number of hydrogen-bond acceptors (Lipinski definition) is 4. The average Bonchev–Trinajstić information content (AvgIpc) is 2.97. The van der Waals surface area contributed by atoms with E-state index >= 15 is 0 Å². The van der Waals surface area contributed by atoms with Gasteiger partial charge in [0.2, 0.25) is 5.91 Å². The summed E-state index contributed by atoms with van der Waals surface area (Å²) in [6.45, 7) is 4.70. The van der Waals surface area contributed by atoms with E-state index in [0.717, 1.165) is 5.56 Å². The van der Waals surface area contributed by atoms with E-state index < -0.39 is 12.0 Å². The number of rotatable bonds is 7. The molecule has 0 aromatic heterocycles. The molecule has 2 atom stereocenters. The zero-order valence-electron chi connectivity index (χ0n) is 12.7. The van der Waals surface area contributed by atoms with Crippen LogP contribution in [0.15, 0.2) is 43.0 Å². The summed E-state index contributed by atoms with van der Waals surface area (Å²) < 4.78 is 10.2. The SMILES string of the molecule is C=CC[C@@H](C(=O)N1CCOC1=O)[C@H](COC)c1ccccc1. The van der Waals surface area contributed by atoms with Crippen molar-refractivity contribution in [3.63, 3.8) is 0 Å². The molecule has 1 aliphatic rings. The van der Waals surface area contributed by atoms with Gasteiger partial charge in [0.15, 0.2) is 0 Å². The van der Waals surface area contributed by atoms with Gasteiger partial charge in [0.1, 0.15) is 6.61 Å². The lowest BCUT2D eigenvalue weighted by atomic mass is 9.83. The number of imide groups is 1. The Morgan fingerprint density at radius 3 is 2.73 bits per heavy atom. The van der Waals surface area contributed by atoms with Crippen molar-refractivity contribution in [2.75, 3.05) is 26.9 Å². The van der Waals surface area contributed by atoms with Crippen LogP contribution in [0.5, 0.6) is 0 Å². The Labute approximate surface area is 130 Å². The normalized spacial score (nSPS) is 17.0. The molecule has 5 nitrogen and oxygen atoms in total. The third kappa shape index (κ3) is 3.54. The molecule has 2 amide bonds. The maximum atomic E-state index is 12.8. The molecular weight excluding hydrogens is 282 g/mol. The molecule has 22 heavy (non-hydrogen) atoms. The molecule has 1 fully saturated rings. The fourth-order valence-electron chi connectivity index (χ4n) is 2.74. The summed E-state index contributed by atoms with van der Waals surface area (Å²) in [4.78, 5) is 25.6. The Kier molecular flexibility index (Phi) is 5.72. The van der Waals surface area contributed by atoms with Crippen LogP contribution in [0.25, 0.3) is 0 Å². The third-order valence-electron chi connectivity index (χ3n) is 3.82. The quantitative estimate of drug-likeness (QED) is 0.727. The molecule has 0 unspecified atom stereocenters. The summed E-state index contributed by atoms with van der Waals surface area (Å²) >= 11 is 0. The molecule has 0 spiro atoms. The van der Waals surface area contributed by atoms with Crippen LogP contribution in [0.4, 0.5) is 4.79 Å². The molecular formula is C17H21NO4. The van der Waals surface area contributed by atoms with Gasteiger partial charge < -0.3 is 9.47 Å². The Morgan fingerprint density at radius 1 is 1.45 bits per heavy atom. The van der Waals surface area contributed by atoms with Gasteiger partial charge in [-0.25, -0.2) is 9.69 Å². The van der Waals surface area contributed by atoms with Crippen LogP contribution in [0, 0.1) is 5.92 Å². The highest BCUT2D eigenvalue weighted by Gasteiger charge is 2.37. The molecule has 0 saturated carbocycles. The van der Waals surface area contributed by atoms with Gasteiger partial charge in [-0.1, -0.05) is 36.4 Å². The van der Waals surface area contributed by atoms with Crippen molar-refractivity contribution in [1.82, 2.24) is 4.90 Å². The van der Waals surface area contributed by atoms with Crippen molar-refractivity contribution in [2.45, 2.75) is 12.3 Å². The second-order valence-corrected chi connectivity index (χ2v) is 5.21. The number of benzene rings is 1. The van der Waals surface area contributed by atoms with E-state index in [-0.39, 0.29) is 18.4 Å². The molecule has 1 aromatic carbocycles. The van der Waals surface area contributed by atoms with Gasteiger partial charge in [-0.3, -0.25) is 4.79 Å². The first-order valence-corrected chi connectivity index (χ1v) is 7.32. The van der Waals surface area contributed by atoms with Gasteiger partial charge in [-0.2, -0.15) is 0 Å². The van der Waals surface area contributed by atoms with Crippen LogP contribution in [-0.4, -0.2) is 43.8 Å². The highest BCUT2D eigenvalue weighted by atomic mass is 16.6. The minimum absolute atomic E-state index is 0.134. The first-order valence-electron chi connectivity index (χ1n) is 7.32. The van der Waals surface area contributed by atoms with Crippen LogP contribution in [0.1, 0.15) is 17.9 Å². The predicted octanol–water partition coefficient (Wildman–Crippen LogP) is 2.59.